The number of dihydropyridines is 1. The Hall–Kier alpha value is -4.05. The van der Waals surface area contributed by atoms with Crippen molar-refractivity contribution in [3.63, 3.8) is 0 Å². The Balaban J connectivity index is 1.82. The van der Waals surface area contributed by atoms with E-state index in [0.717, 1.165) is 5.56 Å². The molecule has 0 aliphatic carbocycles. The van der Waals surface area contributed by atoms with Crippen molar-refractivity contribution in [2.45, 2.75) is 26.2 Å². The predicted octanol–water partition coefficient (Wildman–Crippen LogP) is 3.80. The second-order valence-corrected chi connectivity index (χ2v) is 7.26. The maximum Gasteiger partial charge on any atom is 0.336 e. The highest BCUT2D eigenvalue weighted by molar-refractivity contribution is 6.02. The van der Waals surface area contributed by atoms with Gasteiger partial charge >= 0.3 is 5.97 Å². The second-order valence-electron chi connectivity index (χ2n) is 7.26. The fraction of sp³-hybridized carbons (Fsp3) is 0.240. The van der Waals surface area contributed by atoms with Crippen molar-refractivity contribution in [3.05, 3.63) is 88.7 Å². The van der Waals surface area contributed by atoms with E-state index in [2.05, 4.69) is 10.6 Å². The normalized spacial score (nSPS) is 16.0. The zero-order chi connectivity index (χ0) is 22.9. The monoisotopic (exact) mass is 431 g/mol. The Bertz CT molecular complexity index is 1090. The fourth-order valence-electron chi connectivity index (χ4n) is 3.61. The van der Waals surface area contributed by atoms with Crippen LogP contribution in [0.3, 0.4) is 0 Å². The van der Waals surface area contributed by atoms with E-state index in [-0.39, 0.29) is 18.9 Å². The van der Waals surface area contributed by atoms with Crippen LogP contribution in [0.15, 0.2) is 82.0 Å². The third-order valence-corrected chi connectivity index (χ3v) is 5.04. The van der Waals surface area contributed by atoms with E-state index in [0.29, 0.717) is 34.6 Å². The van der Waals surface area contributed by atoms with E-state index >= 15 is 0 Å². The van der Waals surface area contributed by atoms with Gasteiger partial charge in [0.2, 0.25) is 5.91 Å². The van der Waals surface area contributed by atoms with Crippen molar-refractivity contribution >= 4 is 18.0 Å². The second kappa shape index (κ2) is 10.8. The number of carbonyl (C=O) groups is 2. The predicted molar refractivity (Wildman–Crippen MR) is 120 cm³/mol. The molecule has 0 bridgehead atoms. The lowest BCUT2D eigenvalue weighted by atomic mass is 9.81. The van der Waals surface area contributed by atoms with E-state index in [1.54, 1.807) is 19.9 Å². The SMILES string of the molecule is CC1=C(C(=O)NCC=Cc2ccccc2)C(c2ccoc2)C(C(=O)OCCC#N)=C(C)N1. The molecule has 3 rings (SSSR count). The van der Waals surface area contributed by atoms with Crippen molar-refractivity contribution < 1.29 is 18.7 Å². The van der Waals surface area contributed by atoms with Gasteiger partial charge in [-0.2, -0.15) is 5.26 Å². The van der Waals surface area contributed by atoms with Gasteiger partial charge in [-0.3, -0.25) is 4.79 Å². The number of nitrogens with one attached hydrogen (secondary N) is 2. The summed E-state index contributed by atoms with van der Waals surface area (Å²) < 4.78 is 10.5. The van der Waals surface area contributed by atoms with E-state index in [4.69, 9.17) is 14.4 Å². The molecule has 0 saturated carbocycles. The van der Waals surface area contributed by atoms with Gasteiger partial charge in [0, 0.05) is 29.1 Å². The zero-order valence-corrected chi connectivity index (χ0v) is 18.1. The number of hydrogen-bond donors (Lipinski definition) is 2. The fourth-order valence-corrected chi connectivity index (χ4v) is 3.61. The molecule has 1 aliphatic rings. The van der Waals surface area contributed by atoms with Crippen LogP contribution in [0.1, 0.15) is 37.3 Å². The molecule has 1 unspecified atom stereocenters. The van der Waals surface area contributed by atoms with Crippen molar-refractivity contribution in [2.24, 2.45) is 0 Å². The van der Waals surface area contributed by atoms with Gasteiger partial charge < -0.3 is 19.8 Å². The van der Waals surface area contributed by atoms with E-state index < -0.39 is 11.9 Å². The first kappa shape index (κ1) is 22.6. The molecule has 7 heteroatoms. The van der Waals surface area contributed by atoms with Crippen LogP contribution in [0, 0.1) is 11.3 Å². The van der Waals surface area contributed by atoms with Gasteiger partial charge in [-0.1, -0.05) is 42.5 Å². The number of allylic oxidation sites excluding steroid dienone is 2. The van der Waals surface area contributed by atoms with Crippen LogP contribution >= 0.6 is 0 Å². The summed E-state index contributed by atoms with van der Waals surface area (Å²) in [5.41, 5.74) is 3.68. The summed E-state index contributed by atoms with van der Waals surface area (Å²) in [6, 6.07) is 13.5. The van der Waals surface area contributed by atoms with Crippen LogP contribution in [-0.4, -0.2) is 25.0 Å². The number of nitrogens with zero attached hydrogens (tertiary/aromatic N) is 1. The van der Waals surface area contributed by atoms with Crippen LogP contribution in [0.2, 0.25) is 0 Å². The number of furan rings is 1. The largest absolute Gasteiger partial charge is 0.472 e. The van der Waals surface area contributed by atoms with Gasteiger partial charge in [0.05, 0.1) is 36.5 Å². The smallest absolute Gasteiger partial charge is 0.336 e. The Morgan fingerprint density at radius 1 is 1.19 bits per heavy atom. The Morgan fingerprint density at radius 2 is 1.94 bits per heavy atom. The molecule has 1 aromatic carbocycles. The molecule has 32 heavy (non-hydrogen) atoms. The molecule has 2 heterocycles. The molecule has 0 spiro atoms. The molecule has 0 radical (unpaired) electrons. The van der Waals surface area contributed by atoms with Crippen LogP contribution < -0.4 is 10.6 Å². The maximum atomic E-state index is 13.2. The standard InChI is InChI=1S/C25H25N3O4/c1-17-21(24(29)27-13-6-10-19-8-4-3-5-9-19)23(20-11-15-31-16-20)22(18(2)28-17)25(30)32-14-7-12-26/h3-6,8-11,15-16,23,28H,7,13-14H2,1-2H3,(H,27,29). The summed E-state index contributed by atoms with van der Waals surface area (Å²) >= 11 is 0. The lowest BCUT2D eigenvalue weighted by Gasteiger charge is -2.30. The first-order chi connectivity index (χ1) is 15.5. The average Bonchev–Trinajstić information content (AvgIpc) is 3.31. The van der Waals surface area contributed by atoms with Gasteiger partial charge in [0.25, 0.3) is 0 Å². The highest BCUT2D eigenvalue weighted by Gasteiger charge is 2.37. The van der Waals surface area contributed by atoms with Crippen LogP contribution in [0.25, 0.3) is 6.08 Å². The third kappa shape index (κ3) is 5.35. The lowest BCUT2D eigenvalue weighted by molar-refractivity contribution is -0.139. The van der Waals surface area contributed by atoms with Crippen molar-refractivity contribution in [2.75, 3.05) is 13.2 Å². The first-order valence-electron chi connectivity index (χ1n) is 10.3. The van der Waals surface area contributed by atoms with Gasteiger partial charge in [-0.05, 0) is 25.5 Å². The molecule has 1 aliphatic heterocycles. The molecule has 164 valence electrons. The summed E-state index contributed by atoms with van der Waals surface area (Å²) in [6.45, 7) is 3.86. The topological polar surface area (TPSA) is 104 Å². The minimum atomic E-state index is -0.650. The molecule has 1 atom stereocenters. The van der Waals surface area contributed by atoms with Crippen LogP contribution in [-0.2, 0) is 14.3 Å². The number of ether oxygens (including phenoxy) is 1. The number of hydrogen-bond acceptors (Lipinski definition) is 6. The van der Waals surface area contributed by atoms with Crippen LogP contribution in [0.4, 0.5) is 0 Å². The van der Waals surface area contributed by atoms with Crippen molar-refractivity contribution in [1.82, 2.24) is 10.6 Å². The lowest BCUT2D eigenvalue weighted by Crippen LogP contribution is -2.36. The molecule has 1 aromatic heterocycles. The number of carbonyl (C=O) groups excluding carboxylic acids is 2. The molecular weight excluding hydrogens is 406 g/mol. The number of amides is 1. The summed E-state index contributed by atoms with van der Waals surface area (Å²) in [7, 11) is 0. The number of nitriles is 1. The maximum absolute atomic E-state index is 13.2. The number of benzene rings is 1. The molecule has 2 N–H and O–H groups in total. The highest BCUT2D eigenvalue weighted by atomic mass is 16.5. The van der Waals surface area contributed by atoms with Crippen LogP contribution in [0.5, 0.6) is 0 Å². The summed E-state index contributed by atoms with van der Waals surface area (Å²) in [4.78, 5) is 26.0. The van der Waals surface area contributed by atoms with Gasteiger partial charge in [0.1, 0.15) is 6.61 Å². The summed E-state index contributed by atoms with van der Waals surface area (Å²) in [5, 5.41) is 14.7. The minimum absolute atomic E-state index is 0.0152. The molecule has 7 nitrogen and oxygen atoms in total. The van der Waals surface area contributed by atoms with Crippen molar-refractivity contribution in [1.29, 1.82) is 5.26 Å². The molecule has 1 amide bonds. The highest BCUT2D eigenvalue weighted by Crippen LogP contribution is 2.38. The number of esters is 1. The zero-order valence-electron chi connectivity index (χ0n) is 18.1. The Morgan fingerprint density at radius 3 is 2.62 bits per heavy atom. The molecule has 0 saturated heterocycles. The van der Waals surface area contributed by atoms with Gasteiger partial charge in [0.15, 0.2) is 0 Å². The molecule has 2 aromatic rings. The Kier molecular flexibility index (Phi) is 7.65. The van der Waals surface area contributed by atoms with Crippen molar-refractivity contribution in [3.8, 4) is 6.07 Å². The van der Waals surface area contributed by atoms with E-state index in [1.807, 2.05) is 48.6 Å². The summed E-state index contributed by atoms with van der Waals surface area (Å²) in [6.07, 6.45) is 6.90. The quantitative estimate of drug-likeness (QED) is 0.487. The molecular formula is C25H25N3O4. The average molecular weight is 431 g/mol. The Labute approximate surface area is 187 Å². The van der Waals surface area contributed by atoms with Gasteiger partial charge in [-0.25, -0.2) is 4.79 Å². The summed E-state index contributed by atoms with van der Waals surface area (Å²) in [5.74, 6) is -1.52. The van der Waals surface area contributed by atoms with E-state index in [1.165, 1.54) is 12.5 Å². The first-order valence-corrected chi connectivity index (χ1v) is 10.3. The molecule has 0 fully saturated rings. The third-order valence-electron chi connectivity index (χ3n) is 5.04. The minimum Gasteiger partial charge on any atom is -0.472 e. The van der Waals surface area contributed by atoms with Gasteiger partial charge in [-0.15, -0.1) is 0 Å². The number of rotatable bonds is 8. The van der Waals surface area contributed by atoms with E-state index in [9.17, 15) is 9.59 Å².